The standard InChI is InChI=1S/2C8H8O2/c2*1-6-3-2-4-8(10)7(6)5-9/h2*2-5,10H,1H3. The highest BCUT2D eigenvalue weighted by atomic mass is 16.3. The van der Waals surface area contributed by atoms with Crippen LogP contribution in [0.2, 0.25) is 0 Å². The van der Waals surface area contributed by atoms with Gasteiger partial charge in [-0.2, -0.15) is 0 Å². The van der Waals surface area contributed by atoms with Crippen LogP contribution in [0, 0.1) is 13.8 Å². The van der Waals surface area contributed by atoms with Gasteiger partial charge in [-0.25, -0.2) is 0 Å². The number of rotatable bonds is 2. The van der Waals surface area contributed by atoms with E-state index in [2.05, 4.69) is 0 Å². The highest BCUT2D eigenvalue weighted by Gasteiger charge is 2.00. The molecular weight excluding hydrogens is 256 g/mol. The van der Waals surface area contributed by atoms with Gasteiger partial charge in [0.25, 0.3) is 0 Å². The fourth-order valence-corrected chi connectivity index (χ4v) is 1.64. The smallest absolute Gasteiger partial charge is 0.154 e. The molecule has 0 heterocycles. The highest BCUT2D eigenvalue weighted by Crippen LogP contribution is 2.17. The molecule has 0 bridgehead atoms. The van der Waals surface area contributed by atoms with Crippen LogP contribution in [0.25, 0.3) is 0 Å². The minimum atomic E-state index is 0.0509. The van der Waals surface area contributed by atoms with Gasteiger partial charge in [0, 0.05) is 0 Å². The van der Waals surface area contributed by atoms with E-state index in [1.807, 2.05) is 0 Å². The number of aromatic hydroxyl groups is 2. The molecular formula is C16H16O4. The molecule has 2 aromatic carbocycles. The molecule has 2 aromatic rings. The Morgan fingerprint density at radius 3 is 1.30 bits per heavy atom. The van der Waals surface area contributed by atoms with Crippen LogP contribution >= 0.6 is 0 Å². The van der Waals surface area contributed by atoms with Crippen molar-refractivity contribution in [1.82, 2.24) is 0 Å². The van der Waals surface area contributed by atoms with Crippen molar-refractivity contribution in [3.05, 3.63) is 58.7 Å². The van der Waals surface area contributed by atoms with Crippen LogP contribution in [0.4, 0.5) is 0 Å². The van der Waals surface area contributed by atoms with Crippen molar-refractivity contribution in [2.75, 3.05) is 0 Å². The number of carbonyl (C=O) groups excluding carboxylic acids is 2. The maximum Gasteiger partial charge on any atom is 0.154 e. The third-order valence-electron chi connectivity index (χ3n) is 2.84. The van der Waals surface area contributed by atoms with Crippen LogP contribution in [0.1, 0.15) is 31.8 Å². The Labute approximate surface area is 117 Å². The largest absolute Gasteiger partial charge is 0.507 e. The Kier molecular flexibility index (Phi) is 5.47. The van der Waals surface area contributed by atoms with Gasteiger partial charge in [0.1, 0.15) is 11.5 Å². The van der Waals surface area contributed by atoms with Crippen LogP contribution in [-0.2, 0) is 0 Å². The van der Waals surface area contributed by atoms with Crippen molar-refractivity contribution in [2.45, 2.75) is 13.8 Å². The number of aldehydes is 2. The topological polar surface area (TPSA) is 74.6 Å². The molecule has 0 fully saturated rings. The van der Waals surface area contributed by atoms with Crippen LogP contribution < -0.4 is 0 Å². The van der Waals surface area contributed by atoms with Crippen molar-refractivity contribution in [2.24, 2.45) is 0 Å². The SMILES string of the molecule is Cc1cccc(O)c1C=O.Cc1cccc(O)c1C=O. The molecule has 0 saturated carbocycles. The Balaban J connectivity index is 0.000000200. The monoisotopic (exact) mass is 272 g/mol. The number of phenols is 2. The summed E-state index contributed by atoms with van der Waals surface area (Å²) in [5, 5.41) is 18.1. The molecule has 0 aliphatic heterocycles. The summed E-state index contributed by atoms with van der Waals surface area (Å²) in [6.45, 7) is 3.56. The molecule has 0 amide bonds. The lowest BCUT2D eigenvalue weighted by Crippen LogP contribution is -1.85. The maximum atomic E-state index is 10.3. The summed E-state index contributed by atoms with van der Waals surface area (Å²) in [6.07, 6.45) is 1.31. The zero-order chi connectivity index (χ0) is 15.1. The molecule has 0 aliphatic carbocycles. The third kappa shape index (κ3) is 3.68. The van der Waals surface area contributed by atoms with Crippen molar-refractivity contribution in [3.63, 3.8) is 0 Å². The van der Waals surface area contributed by atoms with E-state index in [4.69, 9.17) is 10.2 Å². The van der Waals surface area contributed by atoms with Gasteiger partial charge in [-0.3, -0.25) is 9.59 Å². The molecule has 4 heteroatoms. The summed E-state index contributed by atoms with van der Waals surface area (Å²) in [7, 11) is 0. The Morgan fingerprint density at radius 1 is 0.750 bits per heavy atom. The van der Waals surface area contributed by atoms with Crippen LogP contribution in [0.5, 0.6) is 11.5 Å². The van der Waals surface area contributed by atoms with Crippen molar-refractivity contribution >= 4 is 12.6 Å². The number of hydrogen-bond acceptors (Lipinski definition) is 4. The van der Waals surface area contributed by atoms with Crippen molar-refractivity contribution in [3.8, 4) is 11.5 Å². The first kappa shape index (κ1) is 15.4. The van der Waals surface area contributed by atoms with E-state index >= 15 is 0 Å². The predicted octanol–water partition coefficient (Wildman–Crippen LogP) is 3.03. The van der Waals surface area contributed by atoms with E-state index in [0.29, 0.717) is 23.7 Å². The van der Waals surface area contributed by atoms with E-state index in [9.17, 15) is 9.59 Å². The molecule has 0 unspecified atom stereocenters. The van der Waals surface area contributed by atoms with Gasteiger partial charge in [0.05, 0.1) is 11.1 Å². The number of carbonyl (C=O) groups is 2. The van der Waals surface area contributed by atoms with E-state index < -0.39 is 0 Å². The highest BCUT2D eigenvalue weighted by molar-refractivity contribution is 5.81. The minimum absolute atomic E-state index is 0.0509. The first-order valence-corrected chi connectivity index (χ1v) is 5.98. The number of aryl methyl sites for hydroxylation is 2. The van der Waals surface area contributed by atoms with Gasteiger partial charge in [-0.05, 0) is 37.1 Å². The minimum Gasteiger partial charge on any atom is -0.507 e. The molecule has 2 N–H and O–H groups in total. The molecule has 0 saturated heterocycles. The second-order valence-electron chi connectivity index (χ2n) is 4.25. The predicted molar refractivity (Wildman–Crippen MR) is 76.5 cm³/mol. The second kappa shape index (κ2) is 7.09. The average Bonchev–Trinajstić information content (AvgIpc) is 2.40. The van der Waals surface area contributed by atoms with Gasteiger partial charge >= 0.3 is 0 Å². The molecule has 0 aliphatic rings. The van der Waals surface area contributed by atoms with Gasteiger partial charge < -0.3 is 10.2 Å². The molecule has 104 valence electrons. The summed E-state index contributed by atoms with van der Waals surface area (Å²) in [6, 6.07) is 9.97. The van der Waals surface area contributed by atoms with Gasteiger partial charge in [0.2, 0.25) is 0 Å². The number of phenolic OH excluding ortho intramolecular Hbond substituents is 2. The lowest BCUT2D eigenvalue weighted by molar-refractivity contribution is 0.111. The van der Waals surface area contributed by atoms with E-state index in [-0.39, 0.29) is 11.5 Å². The second-order valence-corrected chi connectivity index (χ2v) is 4.25. The summed E-state index contributed by atoms with van der Waals surface area (Å²) in [5.74, 6) is 0.102. The molecule has 0 aromatic heterocycles. The molecule has 20 heavy (non-hydrogen) atoms. The molecule has 0 radical (unpaired) electrons. The first-order valence-electron chi connectivity index (χ1n) is 5.98. The Morgan fingerprint density at radius 2 is 1.10 bits per heavy atom. The molecule has 2 rings (SSSR count). The fourth-order valence-electron chi connectivity index (χ4n) is 1.64. The zero-order valence-corrected chi connectivity index (χ0v) is 11.3. The van der Waals surface area contributed by atoms with Crippen LogP contribution in [0.15, 0.2) is 36.4 Å². The summed E-state index contributed by atoms with van der Waals surface area (Å²) >= 11 is 0. The normalized spacial score (nSPS) is 9.30. The summed E-state index contributed by atoms with van der Waals surface area (Å²) in [4.78, 5) is 20.6. The van der Waals surface area contributed by atoms with Crippen LogP contribution in [0.3, 0.4) is 0 Å². The van der Waals surface area contributed by atoms with E-state index in [0.717, 1.165) is 11.1 Å². The third-order valence-corrected chi connectivity index (χ3v) is 2.84. The molecule has 4 nitrogen and oxygen atoms in total. The Hall–Kier alpha value is -2.62. The van der Waals surface area contributed by atoms with E-state index in [1.54, 1.807) is 38.1 Å². The lowest BCUT2D eigenvalue weighted by atomic mass is 10.1. The summed E-state index contributed by atoms with van der Waals surface area (Å²) in [5.41, 5.74) is 2.36. The van der Waals surface area contributed by atoms with Gasteiger partial charge in [-0.1, -0.05) is 24.3 Å². The van der Waals surface area contributed by atoms with Crippen LogP contribution in [-0.4, -0.2) is 22.8 Å². The fraction of sp³-hybridized carbons (Fsp3) is 0.125. The maximum absolute atomic E-state index is 10.3. The lowest BCUT2D eigenvalue weighted by Gasteiger charge is -1.98. The molecule has 0 spiro atoms. The zero-order valence-electron chi connectivity index (χ0n) is 11.3. The van der Waals surface area contributed by atoms with Crippen molar-refractivity contribution in [1.29, 1.82) is 0 Å². The quantitative estimate of drug-likeness (QED) is 0.824. The summed E-state index contributed by atoms with van der Waals surface area (Å²) < 4.78 is 0. The molecule has 0 atom stereocenters. The average molecular weight is 272 g/mol. The van der Waals surface area contributed by atoms with E-state index in [1.165, 1.54) is 12.1 Å². The van der Waals surface area contributed by atoms with Crippen molar-refractivity contribution < 1.29 is 19.8 Å². The number of hydrogen-bond donors (Lipinski definition) is 2. The number of benzene rings is 2. The van der Waals surface area contributed by atoms with Gasteiger partial charge in [-0.15, -0.1) is 0 Å². The first-order chi connectivity index (χ1) is 9.51. The van der Waals surface area contributed by atoms with Gasteiger partial charge in [0.15, 0.2) is 12.6 Å². The Bertz CT molecular complexity index is 522.